The molecule has 0 saturated carbocycles. The van der Waals surface area contributed by atoms with Crippen LogP contribution in [-0.2, 0) is 0 Å². The van der Waals surface area contributed by atoms with E-state index in [9.17, 15) is 0 Å². The Morgan fingerprint density at radius 1 is 0.263 bits per heavy atom. The van der Waals surface area contributed by atoms with Gasteiger partial charge in [0.1, 0.15) is 0 Å². The second-order valence-electron chi connectivity index (χ2n) is 14.3. The third-order valence-electron chi connectivity index (χ3n) is 11.3. The molecular weight excluding hydrogens is 780 g/mol. The average molecular weight is 808 g/mol. The van der Waals surface area contributed by atoms with E-state index in [1.807, 2.05) is 72.8 Å². The van der Waals surface area contributed by atoms with Gasteiger partial charge < -0.3 is 0 Å². The minimum absolute atomic E-state index is 0.0285. The number of benzene rings is 10. The Morgan fingerprint density at radius 3 is 1.00 bits per heavy atom. The molecule has 0 radical (unpaired) electrons. The zero-order chi connectivity index (χ0) is 38.4. The first-order valence-corrected chi connectivity index (χ1v) is 20.4. The van der Waals surface area contributed by atoms with E-state index >= 15 is 17.6 Å². The molecule has 0 amide bonds. The van der Waals surface area contributed by atoms with Crippen LogP contribution in [0.15, 0.2) is 170 Å². The molecule has 5 heteroatoms. The number of hydrogen-bond acceptors (Lipinski definition) is 0. The molecule has 57 heavy (non-hydrogen) atoms. The fourth-order valence-corrected chi connectivity index (χ4v) is 11.7. The van der Waals surface area contributed by atoms with Crippen molar-refractivity contribution < 1.29 is 17.6 Å². The van der Waals surface area contributed by atoms with Crippen LogP contribution >= 0.6 is 0 Å². The van der Waals surface area contributed by atoms with Gasteiger partial charge in [0.05, 0.1) is 0 Å². The van der Waals surface area contributed by atoms with E-state index in [0.29, 0.717) is 11.1 Å². The van der Waals surface area contributed by atoms with Crippen LogP contribution in [0.25, 0.3) is 107 Å². The molecule has 1 aromatic heterocycles. The van der Waals surface area contributed by atoms with Gasteiger partial charge in [-0.2, -0.15) is 0 Å². The van der Waals surface area contributed by atoms with E-state index in [1.54, 1.807) is 0 Å². The average Bonchev–Trinajstić information content (AvgIpc) is 3.63. The number of fused-ring (bicyclic) bond motifs is 7. The van der Waals surface area contributed by atoms with Gasteiger partial charge in [-0.05, 0) is 0 Å². The van der Waals surface area contributed by atoms with Gasteiger partial charge in [-0.25, -0.2) is 0 Å². The molecule has 11 rings (SSSR count). The van der Waals surface area contributed by atoms with Crippen LogP contribution < -0.4 is 0 Å². The first-order valence-electron chi connectivity index (χ1n) is 18.7. The molecule has 0 aliphatic carbocycles. The molecule has 0 saturated heterocycles. The summed E-state index contributed by atoms with van der Waals surface area (Å²) in [6.45, 7) is 0. The van der Waals surface area contributed by atoms with E-state index in [2.05, 4.69) is 60.7 Å². The summed E-state index contributed by atoms with van der Waals surface area (Å²) in [6.07, 6.45) is 0. The van der Waals surface area contributed by atoms with Crippen LogP contribution in [0, 0.1) is 23.3 Å². The van der Waals surface area contributed by atoms with Crippen LogP contribution in [0.4, 0.5) is 17.6 Å². The number of hydrogen-bond donors (Lipinski definition) is 0. The molecule has 270 valence electrons. The number of rotatable bonds is 4. The van der Waals surface area contributed by atoms with Crippen LogP contribution in [0.1, 0.15) is 0 Å². The van der Waals surface area contributed by atoms with E-state index in [4.69, 9.17) is 0 Å². The zero-order valence-electron chi connectivity index (χ0n) is 30.1. The molecule has 0 aliphatic rings. The predicted molar refractivity (Wildman–Crippen MR) is 230 cm³/mol. The quantitative estimate of drug-likeness (QED) is 0.0944. The van der Waals surface area contributed by atoms with E-state index in [1.165, 1.54) is 44.9 Å². The van der Waals surface area contributed by atoms with Crippen molar-refractivity contribution in [1.82, 2.24) is 0 Å². The molecule has 0 atom stereocenters. The molecule has 0 nitrogen and oxygen atoms in total. The van der Waals surface area contributed by atoms with Gasteiger partial charge >= 0.3 is 332 Å². The molecule has 10 aromatic carbocycles. The van der Waals surface area contributed by atoms with Crippen molar-refractivity contribution in [3.8, 4) is 44.5 Å². The van der Waals surface area contributed by atoms with Crippen molar-refractivity contribution in [2.24, 2.45) is 0 Å². The molecule has 0 bridgehead atoms. The van der Waals surface area contributed by atoms with Gasteiger partial charge in [0.25, 0.3) is 0 Å². The second-order valence-corrected chi connectivity index (χ2v) is 16.5. The molecule has 0 N–H and O–H groups in total. The van der Waals surface area contributed by atoms with Gasteiger partial charge in [0.15, 0.2) is 0 Å². The molecule has 0 fully saturated rings. The maximum atomic E-state index is 15.6. The molecule has 0 unspecified atom stereocenters. The summed E-state index contributed by atoms with van der Waals surface area (Å²) in [4.78, 5) is 0. The number of halogens is 4. The summed E-state index contributed by atoms with van der Waals surface area (Å²) >= 11 is -0.0996. The Morgan fingerprint density at radius 2 is 0.579 bits per heavy atom. The fourth-order valence-electron chi connectivity index (χ4n) is 9.10. The van der Waals surface area contributed by atoms with Crippen LogP contribution in [0.2, 0.25) is 0 Å². The van der Waals surface area contributed by atoms with E-state index in [-0.39, 0.29) is 25.6 Å². The van der Waals surface area contributed by atoms with Crippen LogP contribution in [0.5, 0.6) is 0 Å². The summed E-state index contributed by atoms with van der Waals surface area (Å²) in [5.74, 6) is -2.40. The summed E-state index contributed by atoms with van der Waals surface area (Å²) in [7, 11) is 0. The summed E-state index contributed by atoms with van der Waals surface area (Å²) in [6, 6.07) is 52.6. The van der Waals surface area contributed by atoms with Crippen molar-refractivity contribution >= 4 is 76.9 Å². The Bertz CT molecular complexity index is 3320. The third-order valence-corrected chi connectivity index (χ3v) is 13.9. The molecule has 0 spiro atoms. The summed E-state index contributed by atoms with van der Waals surface area (Å²) in [5.41, 5.74) is 5.21. The van der Waals surface area contributed by atoms with Gasteiger partial charge in [-0.3, -0.25) is 0 Å². The zero-order valence-corrected chi connectivity index (χ0v) is 31.8. The maximum absolute atomic E-state index is 15.6. The van der Waals surface area contributed by atoms with Crippen molar-refractivity contribution in [2.75, 3.05) is 0 Å². The Hall–Kier alpha value is -6.52. The second kappa shape index (κ2) is 13.0. The van der Waals surface area contributed by atoms with Crippen LogP contribution in [-0.4, -0.2) is 14.5 Å². The van der Waals surface area contributed by atoms with Gasteiger partial charge in [-0.15, -0.1) is 0 Å². The van der Waals surface area contributed by atoms with Crippen LogP contribution in [0.3, 0.4) is 0 Å². The van der Waals surface area contributed by atoms with Crippen molar-refractivity contribution in [3.63, 3.8) is 0 Å². The summed E-state index contributed by atoms with van der Waals surface area (Å²) < 4.78 is 64.9. The Kier molecular flexibility index (Phi) is 7.72. The first-order chi connectivity index (χ1) is 28.0. The van der Waals surface area contributed by atoms with E-state index in [0.717, 1.165) is 76.1 Å². The SMILES string of the molecule is Fc1cccc(F)c1-c1c2ccccc2c(-c2cccc3c2[se]c2cccc(-c4c5ccccc5c(-c5c(F)cccc5F)c5ccccc45)c23)c2ccccc12. The normalized spacial score (nSPS) is 11.9. The van der Waals surface area contributed by atoms with Crippen molar-refractivity contribution in [3.05, 3.63) is 193 Å². The third kappa shape index (κ3) is 4.99. The Balaban J connectivity index is 1.24. The van der Waals surface area contributed by atoms with Crippen molar-refractivity contribution in [2.45, 2.75) is 0 Å². The molecule has 0 aliphatic heterocycles. The van der Waals surface area contributed by atoms with Gasteiger partial charge in [0, 0.05) is 0 Å². The molecular formula is C52H28F4Se. The topological polar surface area (TPSA) is 0 Å². The van der Waals surface area contributed by atoms with Crippen molar-refractivity contribution in [1.29, 1.82) is 0 Å². The van der Waals surface area contributed by atoms with Gasteiger partial charge in [-0.1, -0.05) is 0 Å². The minimum atomic E-state index is -0.602. The first kappa shape index (κ1) is 33.8. The van der Waals surface area contributed by atoms with Gasteiger partial charge in [0.2, 0.25) is 0 Å². The fraction of sp³-hybridized carbons (Fsp3) is 0. The standard InChI is InChI=1S/C52H28F4Se/c53-40-24-11-25-41(54)50(40)48-33-17-5-1-13-29(33)45(30-14-2-6-18-34(30)48)37-21-10-28-44-47(37)39-23-9-22-38(52(39)57-44)46-31-15-3-7-19-35(31)49(36-20-8-4-16-32(36)46)51-42(55)26-12-27-43(51)56/h1-28H. The molecule has 1 heterocycles. The summed E-state index contributed by atoms with van der Waals surface area (Å²) in [5, 5.41) is 9.04. The molecule has 11 aromatic rings. The monoisotopic (exact) mass is 808 g/mol. The predicted octanol–water partition coefficient (Wildman–Crippen LogP) is 14.9. The Labute approximate surface area is 330 Å². The van der Waals surface area contributed by atoms with E-state index < -0.39 is 23.3 Å².